The Bertz CT molecular complexity index is 784. The van der Waals surface area contributed by atoms with Crippen LogP contribution in [0.5, 0.6) is 23.0 Å². The summed E-state index contributed by atoms with van der Waals surface area (Å²) in [6.45, 7) is 2.02. The summed E-state index contributed by atoms with van der Waals surface area (Å²) < 4.78 is 11.7. The van der Waals surface area contributed by atoms with Crippen LogP contribution >= 0.6 is 0 Å². The molecule has 3 nitrogen and oxygen atoms in total. The molecular weight excluding hydrogens is 274 g/mol. The summed E-state index contributed by atoms with van der Waals surface area (Å²) in [6.07, 6.45) is 0. The molecule has 3 rings (SSSR count). The smallest absolute Gasteiger partial charge is 0.131 e. The van der Waals surface area contributed by atoms with E-state index < -0.39 is 0 Å². The van der Waals surface area contributed by atoms with Gasteiger partial charge in [-0.3, -0.25) is 0 Å². The topological polar surface area (TPSA) is 44.5 Å². The second-order valence-corrected chi connectivity index (χ2v) is 5.02. The maximum Gasteiger partial charge on any atom is 0.131 e. The lowest BCUT2D eigenvalue weighted by molar-refractivity contribution is 0.458. The number of nitrogens with two attached hydrogens (primary N) is 1. The van der Waals surface area contributed by atoms with Crippen LogP contribution < -0.4 is 15.2 Å². The van der Waals surface area contributed by atoms with Gasteiger partial charge in [-0.2, -0.15) is 0 Å². The average Bonchev–Trinajstić information content (AvgIpc) is 2.50. The first-order chi connectivity index (χ1) is 10.7. The van der Waals surface area contributed by atoms with Crippen molar-refractivity contribution < 1.29 is 9.47 Å². The Morgan fingerprint density at radius 3 is 2.05 bits per heavy atom. The SMILES string of the molecule is Cc1ccccc1Oc1cccc(Oc2cccc(N)c2)c1. The monoisotopic (exact) mass is 291 g/mol. The highest BCUT2D eigenvalue weighted by Crippen LogP contribution is 2.30. The third kappa shape index (κ3) is 3.38. The van der Waals surface area contributed by atoms with Gasteiger partial charge in [0.05, 0.1) is 0 Å². The zero-order valence-corrected chi connectivity index (χ0v) is 12.3. The van der Waals surface area contributed by atoms with Crippen LogP contribution in [0.3, 0.4) is 0 Å². The lowest BCUT2D eigenvalue weighted by Crippen LogP contribution is -1.90. The highest BCUT2D eigenvalue weighted by molar-refractivity contribution is 5.46. The van der Waals surface area contributed by atoms with Crippen molar-refractivity contribution >= 4 is 5.69 Å². The second kappa shape index (κ2) is 6.22. The van der Waals surface area contributed by atoms with Gasteiger partial charge in [0.2, 0.25) is 0 Å². The average molecular weight is 291 g/mol. The van der Waals surface area contributed by atoms with Crippen molar-refractivity contribution in [1.82, 2.24) is 0 Å². The van der Waals surface area contributed by atoms with Gasteiger partial charge in [0.25, 0.3) is 0 Å². The largest absolute Gasteiger partial charge is 0.457 e. The molecule has 0 spiro atoms. The Balaban J connectivity index is 1.79. The quantitative estimate of drug-likeness (QED) is 0.675. The zero-order valence-electron chi connectivity index (χ0n) is 12.3. The first-order valence-electron chi connectivity index (χ1n) is 7.08. The summed E-state index contributed by atoms with van der Waals surface area (Å²) in [4.78, 5) is 0. The molecule has 0 saturated carbocycles. The van der Waals surface area contributed by atoms with Crippen molar-refractivity contribution in [2.75, 3.05) is 5.73 Å². The Labute approximate surface area is 129 Å². The van der Waals surface area contributed by atoms with Crippen LogP contribution in [0, 0.1) is 6.92 Å². The van der Waals surface area contributed by atoms with Gasteiger partial charge in [0.1, 0.15) is 23.0 Å². The van der Waals surface area contributed by atoms with Gasteiger partial charge in [-0.1, -0.05) is 30.3 Å². The van der Waals surface area contributed by atoms with Gasteiger partial charge in [0.15, 0.2) is 0 Å². The van der Waals surface area contributed by atoms with Gasteiger partial charge < -0.3 is 15.2 Å². The molecule has 0 atom stereocenters. The second-order valence-electron chi connectivity index (χ2n) is 5.02. The van der Waals surface area contributed by atoms with Crippen molar-refractivity contribution in [3.8, 4) is 23.0 Å². The van der Waals surface area contributed by atoms with E-state index in [1.54, 1.807) is 6.07 Å². The Kier molecular flexibility index (Phi) is 3.97. The molecule has 110 valence electrons. The molecule has 3 heteroatoms. The Hall–Kier alpha value is -2.94. The summed E-state index contributed by atoms with van der Waals surface area (Å²) in [5.41, 5.74) is 7.52. The van der Waals surface area contributed by atoms with Crippen LogP contribution in [-0.2, 0) is 0 Å². The molecule has 2 N–H and O–H groups in total. The van der Waals surface area contributed by atoms with Crippen LogP contribution in [0.15, 0.2) is 72.8 Å². The molecule has 3 aromatic carbocycles. The number of benzene rings is 3. The summed E-state index contributed by atoms with van der Waals surface area (Å²) in [6, 6.07) is 22.8. The van der Waals surface area contributed by atoms with E-state index in [0.29, 0.717) is 17.2 Å². The van der Waals surface area contributed by atoms with Crippen LogP contribution in [0.2, 0.25) is 0 Å². The van der Waals surface area contributed by atoms with Crippen molar-refractivity contribution in [3.63, 3.8) is 0 Å². The summed E-state index contributed by atoms with van der Waals surface area (Å²) in [5, 5.41) is 0. The van der Waals surface area contributed by atoms with E-state index in [1.165, 1.54) is 0 Å². The summed E-state index contributed by atoms with van der Waals surface area (Å²) >= 11 is 0. The molecular formula is C19H17NO2. The minimum absolute atomic E-state index is 0.671. The van der Waals surface area contributed by atoms with Crippen LogP contribution in [0.25, 0.3) is 0 Å². The lowest BCUT2D eigenvalue weighted by Gasteiger charge is -2.10. The van der Waals surface area contributed by atoms with E-state index >= 15 is 0 Å². The Morgan fingerprint density at radius 2 is 1.32 bits per heavy atom. The number of para-hydroxylation sites is 1. The van der Waals surface area contributed by atoms with Gasteiger partial charge in [0, 0.05) is 17.8 Å². The predicted octanol–water partition coefficient (Wildman–Crippen LogP) is 5.16. The molecule has 0 heterocycles. The molecule has 0 aromatic heterocycles. The number of anilines is 1. The van der Waals surface area contributed by atoms with E-state index in [2.05, 4.69) is 0 Å². The van der Waals surface area contributed by atoms with Gasteiger partial charge in [-0.25, -0.2) is 0 Å². The lowest BCUT2D eigenvalue weighted by atomic mass is 10.2. The minimum atomic E-state index is 0.671. The van der Waals surface area contributed by atoms with Gasteiger partial charge in [-0.05, 0) is 42.8 Å². The van der Waals surface area contributed by atoms with Crippen LogP contribution in [-0.4, -0.2) is 0 Å². The third-order valence-electron chi connectivity index (χ3n) is 3.22. The highest BCUT2D eigenvalue weighted by Gasteiger charge is 2.03. The molecule has 0 aliphatic heterocycles. The number of ether oxygens (including phenoxy) is 2. The van der Waals surface area contributed by atoms with Crippen molar-refractivity contribution in [1.29, 1.82) is 0 Å². The zero-order chi connectivity index (χ0) is 15.4. The summed E-state index contributed by atoms with van der Waals surface area (Å²) in [7, 11) is 0. The number of hydrogen-bond donors (Lipinski definition) is 1. The molecule has 3 aromatic rings. The standard InChI is InChI=1S/C19H17NO2/c1-14-6-2-3-11-19(14)22-18-10-5-9-17(13-18)21-16-8-4-7-15(20)12-16/h2-13H,20H2,1H3. The fraction of sp³-hybridized carbons (Fsp3) is 0.0526. The van der Waals surface area contributed by atoms with Gasteiger partial charge >= 0.3 is 0 Å². The molecule has 0 saturated heterocycles. The van der Waals surface area contributed by atoms with Crippen molar-refractivity contribution in [3.05, 3.63) is 78.4 Å². The first kappa shape index (κ1) is 14.0. The van der Waals surface area contributed by atoms with E-state index in [0.717, 1.165) is 17.1 Å². The molecule has 0 aliphatic carbocycles. The maximum absolute atomic E-state index is 5.91. The number of aryl methyl sites for hydroxylation is 1. The molecule has 22 heavy (non-hydrogen) atoms. The minimum Gasteiger partial charge on any atom is -0.457 e. The molecule has 0 unspecified atom stereocenters. The van der Waals surface area contributed by atoms with Crippen molar-refractivity contribution in [2.24, 2.45) is 0 Å². The van der Waals surface area contributed by atoms with E-state index in [-0.39, 0.29) is 0 Å². The van der Waals surface area contributed by atoms with Crippen LogP contribution in [0.1, 0.15) is 5.56 Å². The normalized spacial score (nSPS) is 10.2. The fourth-order valence-corrected chi connectivity index (χ4v) is 2.11. The molecule has 0 aliphatic rings. The number of rotatable bonds is 4. The molecule has 0 bridgehead atoms. The number of nitrogen functional groups attached to an aromatic ring is 1. The number of hydrogen-bond acceptors (Lipinski definition) is 3. The van der Waals surface area contributed by atoms with E-state index in [1.807, 2.05) is 73.7 Å². The maximum atomic E-state index is 5.91. The fourth-order valence-electron chi connectivity index (χ4n) is 2.11. The molecule has 0 fully saturated rings. The van der Waals surface area contributed by atoms with E-state index in [9.17, 15) is 0 Å². The highest BCUT2D eigenvalue weighted by atomic mass is 16.5. The molecule has 0 radical (unpaired) electrons. The Morgan fingerprint density at radius 1 is 0.682 bits per heavy atom. The van der Waals surface area contributed by atoms with Crippen molar-refractivity contribution in [2.45, 2.75) is 6.92 Å². The third-order valence-corrected chi connectivity index (χ3v) is 3.22. The first-order valence-corrected chi connectivity index (χ1v) is 7.08. The molecule has 0 amide bonds. The predicted molar refractivity (Wildman–Crippen MR) is 88.6 cm³/mol. The summed E-state index contributed by atoms with van der Waals surface area (Å²) in [5.74, 6) is 2.98. The van der Waals surface area contributed by atoms with Gasteiger partial charge in [-0.15, -0.1) is 0 Å². The van der Waals surface area contributed by atoms with Crippen LogP contribution in [0.4, 0.5) is 5.69 Å². The van der Waals surface area contributed by atoms with E-state index in [4.69, 9.17) is 15.2 Å².